The van der Waals surface area contributed by atoms with Crippen LogP contribution < -0.4 is 10.6 Å². The summed E-state index contributed by atoms with van der Waals surface area (Å²) >= 11 is 0. The Morgan fingerprint density at radius 3 is 2.75 bits per heavy atom. The molecule has 1 saturated heterocycles. The Morgan fingerprint density at radius 2 is 2.08 bits per heavy atom. The first kappa shape index (κ1) is 17.4. The summed E-state index contributed by atoms with van der Waals surface area (Å²) in [6.07, 6.45) is 3.38. The highest BCUT2D eigenvalue weighted by Gasteiger charge is 2.35. The zero-order valence-corrected chi connectivity index (χ0v) is 15.1. The minimum atomic E-state index is -3.55. The molecule has 0 aromatic heterocycles. The van der Waals surface area contributed by atoms with Gasteiger partial charge in [0.05, 0.1) is 4.90 Å². The Balaban J connectivity index is 1.96. The third kappa shape index (κ3) is 2.85. The summed E-state index contributed by atoms with van der Waals surface area (Å²) < 4.78 is 27.6. The van der Waals surface area contributed by atoms with Crippen molar-refractivity contribution in [2.75, 3.05) is 18.0 Å². The largest absolute Gasteiger partial charge is 0.329 e. The fraction of sp³-hybridized carbons (Fsp3) is 0.588. The number of piperidine rings is 1. The molecule has 0 spiro atoms. The normalized spacial score (nSPS) is 24.9. The van der Waals surface area contributed by atoms with Crippen LogP contribution in [-0.2, 0) is 21.2 Å². The molecule has 2 N–H and O–H groups in total. The molecule has 6 nitrogen and oxygen atoms in total. The van der Waals surface area contributed by atoms with Crippen molar-refractivity contribution in [3.05, 3.63) is 23.8 Å². The van der Waals surface area contributed by atoms with Crippen LogP contribution in [0.25, 0.3) is 0 Å². The number of fused-ring (bicyclic) bond motifs is 1. The van der Waals surface area contributed by atoms with Gasteiger partial charge >= 0.3 is 0 Å². The molecule has 2 unspecified atom stereocenters. The third-order valence-electron chi connectivity index (χ3n) is 5.06. The van der Waals surface area contributed by atoms with Gasteiger partial charge in [0.25, 0.3) is 0 Å². The monoisotopic (exact) mass is 351 g/mol. The zero-order chi connectivity index (χ0) is 17.5. The molecule has 3 rings (SSSR count). The summed E-state index contributed by atoms with van der Waals surface area (Å²) in [6.45, 7) is 4.39. The molecule has 2 aliphatic heterocycles. The highest BCUT2D eigenvalue weighted by molar-refractivity contribution is 7.89. The molecule has 24 heavy (non-hydrogen) atoms. The first-order valence-electron chi connectivity index (χ1n) is 8.51. The summed E-state index contributed by atoms with van der Waals surface area (Å²) in [5, 5.41) is 0. The van der Waals surface area contributed by atoms with E-state index in [1.54, 1.807) is 27.4 Å². The quantitative estimate of drug-likeness (QED) is 0.894. The molecule has 2 heterocycles. The third-order valence-corrected chi connectivity index (χ3v) is 7.01. The van der Waals surface area contributed by atoms with Crippen LogP contribution in [0.5, 0.6) is 0 Å². The number of benzene rings is 1. The maximum absolute atomic E-state index is 13.0. The number of anilines is 1. The van der Waals surface area contributed by atoms with Crippen LogP contribution in [0.1, 0.15) is 38.7 Å². The van der Waals surface area contributed by atoms with Crippen LogP contribution in [0.3, 0.4) is 0 Å². The molecule has 132 valence electrons. The van der Waals surface area contributed by atoms with Crippen molar-refractivity contribution in [1.29, 1.82) is 0 Å². The van der Waals surface area contributed by atoms with E-state index >= 15 is 0 Å². The maximum Gasteiger partial charge on any atom is 0.243 e. The first-order chi connectivity index (χ1) is 11.4. The van der Waals surface area contributed by atoms with Crippen molar-refractivity contribution in [1.82, 2.24) is 4.31 Å². The van der Waals surface area contributed by atoms with Gasteiger partial charge in [-0.3, -0.25) is 4.79 Å². The standard InChI is InChI=1S/C17H25N3O3S/c1-12-9-14-10-16(6-7-17(14)20(12)13(2)21)24(22,23)19-8-4-3-5-15(19)11-18/h6-7,10,12,15H,3-5,8-9,11,18H2,1-2H3. The van der Waals surface area contributed by atoms with E-state index in [4.69, 9.17) is 5.73 Å². The van der Waals surface area contributed by atoms with Gasteiger partial charge in [-0.2, -0.15) is 4.31 Å². The molecular formula is C17H25N3O3S. The number of amides is 1. The average molecular weight is 351 g/mol. The molecule has 2 aliphatic rings. The summed E-state index contributed by atoms with van der Waals surface area (Å²) in [7, 11) is -3.55. The second-order valence-corrected chi connectivity index (χ2v) is 8.62. The smallest absolute Gasteiger partial charge is 0.243 e. The molecule has 0 saturated carbocycles. The average Bonchev–Trinajstić information content (AvgIpc) is 2.89. The summed E-state index contributed by atoms with van der Waals surface area (Å²) in [6, 6.07) is 5.04. The highest BCUT2D eigenvalue weighted by atomic mass is 32.2. The molecule has 0 radical (unpaired) electrons. The van der Waals surface area contributed by atoms with E-state index in [-0.39, 0.29) is 18.0 Å². The van der Waals surface area contributed by atoms with E-state index < -0.39 is 10.0 Å². The van der Waals surface area contributed by atoms with Gasteiger partial charge in [-0.25, -0.2) is 8.42 Å². The van der Waals surface area contributed by atoms with Gasteiger partial charge in [0.1, 0.15) is 0 Å². The molecule has 2 atom stereocenters. The lowest BCUT2D eigenvalue weighted by Crippen LogP contribution is -2.47. The van der Waals surface area contributed by atoms with E-state index in [9.17, 15) is 13.2 Å². The Labute approximate surface area is 143 Å². The number of rotatable bonds is 3. The zero-order valence-electron chi connectivity index (χ0n) is 14.2. The molecule has 0 bridgehead atoms. The molecule has 0 aliphatic carbocycles. The van der Waals surface area contributed by atoms with Crippen LogP contribution >= 0.6 is 0 Å². The van der Waals surface area contributed by atoms with Gasteiger partial charge < -0.3 is 10.6 Å². The van der Waals surface area contributed by atoms with E-state index in [0.717, 1.165) is 30.5 Å². The van der Waals surface area contributed by atoms with Crippen molar-refractivity contribution in [2.45, 2.75) is 56.5 Å². The lowest BCUT2D eigenvalue weighted by Gasteiger charge is -2.34. The number of nitrogens with zero attached hydrogens (tertiary/aromatic N) is 2. The fourth-order valence-electron chi connectivity index (χ4n) is 3.91. The topological polar surface area (TPSA) is 83.7 Å². The van der Waals surface area contributed by atoms with Gasteiger partial charge in [0, 0.05) is 37.8 Å². The summed E-state index contributed by atoms with van der Waals surface area (Å²) in [4.78, 5) is 13.9. The Kier molecular flexibility index (Phi) is 4.68. The van der Waals surface area contributed by atoms with Crippen molar-refractivity contribution in [3.63, 3.8) is 0 Å². The molecule has 1 aromatic carbocycles. The lowest BCUT2D eigenvalue weighted by atomic mass is 10.1. The minimum Gasteiger partial charge on any atom is -0.329 e. The number of nitrogens with two attached hydrogens (primary N) is 1. The van der Waals surface area contributed by atoms with Crippen molar-refractivity contribution >= 4 is 21.6 Å². The number of carbonyl (C=O) groups is 1. The molecule has 7 heteroatoms. The Hall–Kier alpha value is -1.44. The number of sulfonamides is 1. The first-order valence-corrected chi connectivity index (χ1v) is 9.95. The van der Waals surface area contributed by atoms with Gasteiger partial charge in [0.2, 0.25) is 15.9 Å². The lowest BCUT2D eigenvalue weighted by molar-refractivity contribution is -0.116. The van der Waals surface area contributed by atoms with Crippen LogP contribution in [-0.4, -0.2) is 43.8 Å². The van der Waals surface area contributed by atoms with Crippen molar-refractivity contribution < 1.29 is 13.2 Å². The molecular weight excluding hydrogens is 326 g/mol. The number of carbonyl (C=O) groups excluding carboxylic acids is 1. The van der Waals surface area contributed by atoms with Crippen LogP contribution in [0.15, 0.2) is 23.1 Å². The SMILES string of the molecule is CC(=O)N1c2ccc(S(=O)(=O)N3CCCCC3CN)cc2CC1C. The van der Waals surface area contributed by atoms with Gasteiger partial charge in [-0.05, 0) is 49.9 Å². The second kappa shape index (κ2) is 6.46. The molecule has 1 aromatic rings. The van der Waals surface area contributed by atoms with E-state index in [1.165, 1.54) is 6.92 Å². The van der Waals surface area contributed by atoms with Gasteiger partial charge in [-0.15, -0.1) is 0 Å². The maximum atomic E-state index is 13.0. The number of hydrogen-bond donors (Lipinski definition) is 1. The summed E-state index contributed by atoms with van der Waals surface area (Å²) in [5.41, 5.74) is 7.52. The van der Waals surface area contributed by atoms with Crippen LogP contribution in [0, 0.1) is 0 Å². The van der Waals surface area contributed by atoms with E-state index in [0.29, 0.717) is 24.4 Å². The van der Waals surface area contributed by atoms with Crippen molar-refractivity contribution in [2.24, 2.45) is 5.73 Å². The van der Waals surface area contributed by atoms with E-state index in [2.05, 4.69) is 0 Å². The molecule has 1 fully saturated rings. The van der Waals surface area contributed by atoms with Crippen LogP contribution in [0.4, 0.5) is 5.69 Å². The predicted octanol–water partition coefficient (Wildman–Crippen LogP) is 1.49. The van der Waals surface area contributed by atoms with Crippen molar-refractivity contribution in [3.8, 4) is 0 Å². The summed E-state index contributed by atoms with van der Waals surface area (Å²) in [5.74, 6) is -0.0175. The fourth-order valence-corrected chi connectivity index (χ4v) is 5.66. The Bertz CT molecular complexity index is 747. The number of hydrogen-bond acceptors (Lipinski definition) is 4. The Morgan fingerprint density at radius 1 is 1.33 bits per heavy atom. The van der Waals surface area contributed by atoms with Gasteiger partial charge in [0.15, 0.2) is 0 Å². The second-order valence-electron chi connectivity index (χ2n) is 6.73. The van der Waals surface area contributed by atoms with Crippen LogP contribution in [0.2, 0.25) is 0 Å². The van der Waals surface area contributed by atoms with E-state index in [1.807, 2.05) is 6.92 Å². The van der Waals surface area contributed by atoms with Gasteiger partial charge in [-0.1, -0.05) is 6.42 Å². The minimum absolute atomic E-state index is 0.0175. The predicted molar refractivity (Wildman–Crippen MR) is 93.4 cm³/mol. The molecule has 1 amide bonds. The highest BCUT2D eigenvalue weighted by Crippen LogP contribution is 2.35.